The second kappa shape index (κ2) is 3.84. The van der Waals surface area contributed by atoms with Crippen LogP contribution >= 0.6 is 0 Å². The second-order valence-corrected chi connectivity index (χ2v) is 4.68. The summed E-state index contributed by atoms with van der Waals surface area (Å²) < 4.78 is 0. The lowest BCUT2D eigenvalue weighted by molar-refractivity contribution is -0.220. The number of hydrogen-bond donors (Lipinski definition) is 1. The van der Waals surface area contributed by atoms with Crippen LogP contribution in [0.1, 0.15) is 32.3 Å². The van der Waals surface area contributed by atoms with Gasteiger partial charge in [-0.1, -0.05) is 44.2 Å². The van der Waals surface area contributed by atoms with Crippen LogP contribution in [0.25, 0.3) is 0 Å². The van der Waals surface area contributed by atoms with E-state index in [1.165, 1.54) is 0 Å². The molecular weight excluding hydrogens is 214 g/mol. The van der Waals surface area contributed by atoms with Crippen molar-refractivity contribution in [3.63, 3.8) is 0 Å². The van der Waals surface area contributed by atoms with Crippen LogP contribution in [-0.2, 0) is 10.4 Å². The number of carbonyl (C=O) groups excluding carboxylic acids is 1. The van der Waals surface area contributed by atoms with E-state index in [0.29, 0.717) is 5.56 Å². The first kappa shape index (κ1) is 12.1. The summed E-state index contributed by atoms with van der Waals surface area (Å²) >= 11 is 0. The first-order chi connectivity index (χ1) is 8.04. The molecule has 92 valence electrons. The molecule has 1 aromatic rings. The molecule has 0 aliphatic carbocycles. The summed E-state index contributed by atoms with van der Waals surface area (Å²) in [5.74, 6) is -0.201. The molecule has 1 amide bonds. The van der Waals surface area contributed by atoms with Crippen molar-refractivity contribution in [1.29, 1.82) is 0 Å². The van der Waals surface area contributed by atoms with Gasteiger partial charge >= 0.3 is 0 Å². The van der Waals surface area contributed by atoms with Crippen LogP contribution in [0.4, 0.5) is 0 Å². The number of hydrogen-bond acceptors (Lipinski definition) is 2. The quantitative estimate of drug-likeness (QED) is 0.810. The lowest BCUT2D eigenvalue weighted by Gasteiger charge is -2.61. The van der Waals surface area contributed by atoms with Crippen LogP contribution in [0.5, 0.6) is 0 Å². The Hall–Kier alpha value is -1.35. The highest BCUT2D eigenvalue weighted by atomic mass is 16.3. The summed E-state index contributed by atoms with van der Waals surface area (Å²) in [6.07, 6.45) is 1.49. The van der Waals surface area contributed by atoms with E-state index in [2.05, 4.69) is 0 Å². The van der Waals surface area contributed by atoms with E-state index in [9.17, 15) is 9.90 Å². The van der Waals surface area contributed by atoms with Crippen molar-refractivity contribution >= 4 is 5.91 Å². The third-order valence-electron chi connectivity index (χ3n) is 4.29. The van der Waals surface area contributed by atoms with Crippen LogP contribution in [0.2, 0.25) is 0 Å². The molecule has 17 heavy (non-hydrogen) atoms. The van der Waals surface area contributed by atoms with Gasteiger partial charge in [0.1, 0.15) is 0 Å². The number of carbonyl (C=O) groups is 1. The van der Waals surface area contributed by atoms with Gasteiger partial charge in [-0.3, -0.25) is 4.79 Å². The lowest BCUT2D eigenvalue weighted by atomic mass is 9.63. The van der Waals surface area contributed by atoms with Crippen LogP contribution in [0.15, 0.2) is 30.3 Å². The summed E-state index contributed by atoms with van der Waals surface area (Å²) in [6.45, 7) is 4.03. The topological polar surface area (TPSA) is 40.5 Å². The number of amides is 1. The monoisotopic (exact) mass is 233 g/mol. The van der Waals surface area contributed by atoms with Gasteiger partial charge in [0.2, 0.25) is 0 Å². The van der Waals surface area contributed by atoms with E-state index in [1.807, 2.05) is 44.2 Å². The molecule has 1 unspecified atom stereocenters. The van der Waals surface area contributed by atoms with Crippen molar-refractivity contribution < 1.29 is 9.90 Å². The maximum absolute atomic E-state index is 12.1. The zero-order valence-electron chi connectivity index (χ0n) is 10.6. The molecule has 1 aromatic carbocycles. The van der Waals surface area contributed by atoms with Crippen LogP contribution in [0, 0.1) is 0 Å². The normalized spacial score (nSPS) is 26.8. The van der Waals surface area contributed by atoms with Crippen molar-refractivity contribution in [2.75, 3.05) is 7.05 Å². The third kappa shape index (κ3) is 1.23. The predicted octanol–water partition coefficient (Wildman–Crippen LogP) is 1.91. The minimum Gasteiger partial charge on any atom is -0.373 e. The maximum atomic E-state index is 12.1. The highest BCUT2D eigenvalue weighted by molar-refractivity contribution is 5.95. The molecule has 1 heterocycles. The summed E-state index contributed by atoms with van der Waals surface area (Å²) in [4.78, 5) is 13.8. The Morgan fingerprint density at radius 1 is 1.18 bits per heavy atom. The fraction of sp³-hybridized carbons (Fsp3) is 0.500. The van der Waals surface area contributed by atoms with Crippen molar-refractivity contribution in [2.24, 2.45) is 0 Å². The molecule has 0 radical (unpaired) electrons. The van der Waals surface area contributed by atoms with Crippen molar-refractivity contribution in [3.8, 4) is 0 Å². The van der Waals surface area contributed by atoms with Gasteiger partial charge in [0, 0.05) is 7.05 Å². The van der Waals surface area contributed by atoms with Gasteiger partial charge in [0.15, 0.2) is 5.60 Å². The van der Waals surface area contributed by atoms with E-state index in [4.69, 9.17) is 0 Å². The highest BCUT2D eigenvalue weighted by Crippen LogP contribution is 2.51. The number of β-lactam (4-membered cyclic amide) rings is 1. The highest BCUT2D eigenvalue weighted by Gasteiger charge is 2.68. The number of likely N-dealkylation sites (tertiary alicyclic amines) is 1. The molecular formula is C14H19NO2. The summed E-state index contributed by atoms with van der Waals surface area (Å²) in [5.41, 5.74) is -1.12. The third-order valence-corrected chi connectivity index (χ3v) is 4.29. The Morgan fingerprint density at radius 2 is 1.71 bits per heavy atom. The van der Waals surface area contributed by atoms with Crippen LogP contribution in [-0.4, -0.2) is 28.5 Å². The van der Waals surface area contributed by atoms with Gasteiger partial charge in [-0.05, 0) is 18.4 Å². The molecule has 0 spiro atoms. The SMILES string of the molecule is CCC1(CC)N(C)C(=O)C1(O)c1ccccc1. The maximum Gasteiger partial charge on any atom is 0.262 e. The van der Waals surface area contributed by atoms with E-state index < -0.39 is 11.1 Å². The molecule has 1 aliphatic heterocycles. The number of nitrogens with zero attached hydrogens (tertiary/aromatic N) is 1. The van der Waals surface area contributed by atoms with E-state index >= 15 is 0 Å². The zero-order chi connectivity index (χ0) is 12.7. The van der Waals surface area contributed by atoms with Crippen LogP contribution < -0.4 is 0 Å². The molecule has 1 fully saturated rings. The van der Waals surface area contributed by atoms with E-state index in [-0.39, 0.29) is 5.91 Å². The molecule has 1 N–H and O–H groups in total. The molecule has 3 heteroatoms. The predicted molar refractivity (Wildman–Crippen MR) is 66.4 cm³/mol. The van der Waals surface area contributed by atoms with E-state index in [1.54, 1.807) is 11.9 Å². The van der Waals surface area contributed by atoms with Gasteiger partial charge in [0.05, 0.1) is 5.54 Å². The first-order valence-corrected chi connectivity index (χ1v) is 6.10. The standard InChI is InChI=1S/C14H19NO2/c1-4-13(5-2)14(17,12(16)15(13)3)11-9-7-6-8-10-11/h6-10,17H,4-5H2,1-3H3. The van der Waals surface area contributed by atoms with Crippen molar-refractivity contribution in [2.45, 2.75) is 37.8 Å². The van der Waals surface area contributed by atoms with Gasteiger partial charge in [-0.25, -0.2) is 0 Å². The minimum atomic E-state index is -1.35. The number of rotatable bonds is 3. The molecule has 1 atom stereocenters. The molecule has 0 bridgehead atoms. The average molecular weight is 233 g/mol. The largest absolute Gasteiger partial charge is 0.373 e. The van der Waals surface area contributed by atoms with Gasteiger partial charge in [0.25, 0.3) is 5.91 Å². The number of likely N-dealkylation sites (N-methyl/N-ethyl adjacent to an activating group) is 1. The fourth-order valence-corrected chi connectivity index (χ4v) is 3.13. The van der Waals surface area contributed by atoms with Gasteiger partial charge in [-0.2, -0.15) is 0 Å². The Balaban J connectivity index is 2.53. The summed E-state index contributed by atoms with van der Waals surface area (Å²) in [5, 5.41) is 10.8. The van der Waals surface area contributed by atoms with Crippen molar-refractivity contribution in [1.82, 2.24) is 4.90 Å². The first-order valence-electron chi connectivity index (χ1n) is 6.10. The molecule has 3 nitrogen and oxygen atoms in total. The Morgan fingerprint density at radius 3 is 2.18 bits per heavy atom. The van der Waals surface area contributed by atoms with Crippen LogP contribution in [0.3, 0.4) is 0 Å². The lowest BCUT2D eigenvalue weighted by Crippen LogP contribution is -2.78. The second-order valence-electron chi connectivity index (χ2n) is 4.68. The Kier molecular flexibility index (Phi) is 2.74. The van der Waals surface area contributed by atoms with Crippen molar-refractivity contribution in [3.05, 3.63) is 35.9 Å². The smallest absolute Gasteiger partial charge is 0.262 e. The zero-order valence-corrected chi connectivity index (χ0v) is 10.6. The molecule has 2 rings (SSSR count). The molecule has 1 aliphatic rings. The summed E-state index contributed by atoms with van der Waals surface area (Å²) in [6, 6.07) is 9.25. The minimum absolute atomic E-state index is 0.201. The Bertz CT molecular complexity index is 425. The summed E-state index contributed by atoms with van der Waals surface area (Å²) in [7, 11) is 1.77. The van der Waals surface area contributed by atoms with Gasteiger partial charge < -0.3 is 10.0 Å². The fourth-order valence-electron chi connectivity index (χ4n) is 3.13. The molecule has 0 aromatic heterocycles. The Labute approximate surface area is 102 Å². The number of benzene rings is 1. The van der Waals surface area contributed by atoms with E-state index in [0.717, 1.165) is 12.8 Å². The van der Waals surface area contributed by atoms with Gasteiger partial charge in [-0.15, -0.1) is 0 Å². The molecule has 0 saturated carbocycles. The molecule has 1 saturated heterocycles. The average Bonchev–Trinajstić information content (AvgIpc) is 2.40. The number of aliphatic hydroxyl groups is 1.